The van der Waals surface area contributed by atoms with Crippen LogP contribution >= 0.6 is 34.2 Å². The fourth-order valence-corrected chi connectivity index (χ4v) is 2.43. The molecule has 92 valence electrons. The van der Waals surface area contributed by atoms with Crippen molar-refractivity contribution in [2.24, 2.45) is 0 Å². The van der Waals surface area contributed by atoms with Crippen LogP contribution < -0.4 is 0 Å². The van der Waals surface area contributed by atoms with E-state index >= 15 is 0 Å². The highest BCUT2D eigenvalue weighted by Crippen LogP contribution is 2.30. The zero-order valence-electron chi connectivity index (χ0n) is 9.20. The van der Waals surface area contributed by atoms with Gasteiger partial charge in [0.15, 0.2) is 0 Å². The Bertz CT molecular complexity index is 435. The van der Waals surface area contributed by atoms with Gasteiger partial charge in [0.25, 0.3) is 5.91 Å². The van der Waals surface area contributed by atoms with Crippen molar-refractivity contribution in [1.29, 1.82) is 0 Å². The van der Waals surface area contributed by atoms with Gasteiger partial charge in [-0.15, -0.1) is 11.6 Å². The Morgan fingerprint density at radius 1 is 1.53 bits per heavy atom. The van der Waals surface area contributed by atoms with Crippen molar-refractivity contribution in [2.75, 3.05) is 12.4 Å². The monoisotopic (exact) mass is 365 g/mol. The molecule has 0 atom stereocenters. The Morgan fingerprint density at radius 3 is 2.82 bits per heavy atom. The van der Waals surface area contributed by atoms with Gasteiger partial charge in [0, 0.05) is 22.0 Å². The number of carbonyl (C=O) groups is 1. The molecular formula is C12H13ClINO2. The van der Waals surface area contributed by atoms with E-state index in [9.17, 15) is 9.90 Å². The number of phenolic OH excluding ortho intramolecular Hbond substituents is 1. The van der Waals surface area contributed by atoms with Gasteiger partial charge in [-0.25, -0.2) is 0 Å². The number of carbonyl (C=O) groups excluding carboxylic acids is 1. The van der Waals surface area contributed by atoms with Crippen LogP contribution in [0.2, 0.25) is 0 Å². The van der Waals surface area contributed by atoms with Crippen molar-refractivity contribution < 1.29 is 9.90 Å². The maximum Gasteiger partial charge on any atom is 0.257 e. The number of alkyl halides is 1. The zero-order chi connectivity index (χ0) is 12.4. The van der Waals surface area contributed by atoms with Gasteiger partial charge in [0.05, 0.1) is 5.56 Å². The molecule has 2 rings (SSSR count). The molecule has 1 N–H and O–H groups in total. The second-order valence-electron chi connectivity index (χ2n) is 4.08. The summed E-state index contributed by atoms with van der Waals surface area (Å²) in [6.07, 6.45) is 2.07. The molecule has 1 fully saturated rings. The molecule has 0 saturated heterocycles. The van der Waals surface area contributed by atoms with Gasteiger partial charge in [0.1, 0.15) is 5.75 Å². The van der Waals surface area contributed by atoms with Gasteiger partial charge in [-0.3, -0.25) is 4.79 Å². The molecule has 0 aromatic heterocycles. The molecular weight excluding hydrogens is 352 g/mol. The Morgan fingerprint density at radius 2 is 2.24 bits per heavy atom. The lowest BCUT2D eigenvalue weighted by Crippen LogP contribution is -2.34. The number of hydrogen-bond acceptors (Lipinski definition) is 2. The molecule has 3 nitrogen and oxygen atoms in total. The van der Waals surface area contributed by atoms with Crippen LogP contribution in [0.25, 0.3) is 0 Å². The van der Waals surface area contributed by atoms with Gasteiger partial charge in [0.2, 0.25) is 0 Å². The number of hydrogen-bond donors (Lipinski definition) is 1. The number of amides is 1. The Kier molecular flexibility index (Phi) is 4.14. The van der Waals surface area contributed by atoms with E-state index < -0.39 is 0 Å². The minimum atomic E-state index is -0.121. The zero-order valence-corrected chi connectivity index (χ0v) is 12.1. The number of halogens is 2. The number of aromatic hydroxyl groups is 1. The highest BCUT2D eigenvalue weighted by atomic mass is 127. The van der Waals surface area contributed by atoms with E-state index in [0.29, 0.717) is 24.0 Å². The molecule has 0 radical (unpaired) electrons. The molecule has 1 amide bonds. The molecule has 5 heteroatoms. The lowest BCUT2D eigenvalue weighted by Gasteiger charge is -2.21. The predicted molar refractivity (Wildman–Crippen MR) is 75.6 cm³/mol. The summed E-state index contributed by atoms with van der Waals surface area (Å²) in [6, 6.07) is 5.34. The second-order valence-corrected chi connectivity index (χ2v) is 5.70. The minimum absolute atomic E-state index is 0.0376. The highest BCUT2D eigenvalue weighted by molar-refractivity contribution is 14.1. The van der Waals surface area contributed by atoms with Crippen LogP contribution in [0.1, 0.15) is 23.2 Å². The topological polar surface area (TPSA) is 40.5 Å². The molecule has 0 unspecified atom stereocenters. The largest absolute Gasteiger partial charge is 0.507 e. The molecule has 1 aliphatic rings. The van der Waals surface area contributed by atoms with E-state index in [0.717, 1.165) is 16.4 Å². The Balaban J connectivity index is 2.24. The first-order valence-corrected chi connectivity index (χ1v) is 7.10. The molecule has 0 bridgehead atoms. The Labute approximate surface area is 119 Å². The van der Waals surface area contributed by atoms with Crippen LogP contribution in [0.4, 0.5) is 0 Å². The van der Waals surface area contributed by atoms with Crippen molar-refractivity contribution >= 4 is 40.1 Å². The lowest BCUT2D eigenvalue weighted by atomic mass is 10.1. The first-order chi connectivity index (χ1) is 8.13. The summed E-state index contributed by atoms with van der Waals surface area (Å²) in [5.41, 5.74) is 0.369. The number of nitrogens with zero attached hydrogens (tertiary/aromatic N) is 1. The molecule has 0 aliphatic heterocycles. The molecule has 0 spiro atoms. The van der Waals surface area contributed by atoms with Crippen LogP contribution in [0.5, 0.6) is 5.75 Å². The van der Waals surface area contributed by atoms with Gasteiger partial charge in [-0.05, 0) is 53.6 Å². The predicted octanol–water partition coefficient (Wildman–Crippen LogP) is 2.84. The van der Waals surface area contributed by atoms with E-state index in [4.69, 9.17) is 11.6 Å². The van der Waals surface area contributed by atoms with Gasteiger partial charge >= 0.3 is 0 Å². The molecule has 1 aromatic rings. The summed E-state index contributed by atoms with van der Waals surface area (Å²) in [5, 5.41) is 9.74. The maximum absolute atomic E-state index is 12.3. The maximum atomic E-state index is 12.3. The van der Waals surface area contributed by atoms with Crippen LogP contribution in [-0.2, 0) is 0 Å². The van der Waals surface area contributed by atoms with E-state index in [1.54, 1.807) is 23.1 Å². The third kappa shape index (κ3) is 3.04. The van der Waals surface area contributed by atoms with Crippen molar-refractivity contribution in [3.63, 3.8) is 0 Å². The number of rotatable bonds is 4. The van der Waals surface area contributed by atoms with Gasteiger partial charge in [-0.1, -0.05) is 0 Å². The summed E-state index contributed by atoms with van der Waals surface area (Å²) in [6.45, 7) is 0.538. The van der Waals surface area contributed by atoms with E-state index in [2.05, 4.69) is 22.6 Å². The van der Waals surface area contributed by atoms with Crippen molar-refractivity contribution in [3.8, 4) is 5.75 Å². The molecule has 1 aromatic carbocycles. The standard InChI is InChI=1S/C12H13ClINO2/c13-5-6-15(9-2-3-9)12(17)10-7-8(14)1-4-11(10)16/h1,4,7,9,16H,2-3,5-6H2. The molecule has 1 aliphatic carbocycles. The lowest BCUT2D eigenvalue weighted by molar-refractivity contribution is 0.0750. The normalized spacial score (nSPS) is 14.7. The smallest absolute Gasteiger partial charge is 0.257 e. The summed E-state index contributed by atoms with van der Waals surface area (Å²) in [5.74, 6) is 0.340. The number of benzene rings is 1. The van der Waals surface area contributed by atoms with Crippen LogP contribution in [-0.4, -0.2) is 34.4 Å². The minimum Gasteiger partial charge on any atom is -0.507 e. The van der Waals surface area contributed by atoms with Gasteiger partial charge < -0.3 is 10.0 Å². The molecule has 17 heavy (non-hydrogen) atoms. The fraction of sp³-hybridized carbons (Fsp3) is 0.417. The van der Waals surface area contributed by atoms with Crippen molar-refractivity contribution in [1.82, 2.24) is 4.90 Å². The third-order valence-electron chi connectivity index (χ3n) is 2.76. The van der Waals surface area contributed by atoms with Crippen molar-refractivity contribution in [2.45, 2.75) is 18.9 Å². The van der Waals surface area contributed by atoms with Crippen LogP contribution in [0.3, 0.4) is 0 Å². The quantitative estimate of drug-likeness (QED) is 0.658. The van der Waals surface area contributed by atoms with Crippen LogP contribution in [0.15, 0.2) is 18.2 Å². The number of phenols is 1. The fourth-order valence-electron chi connectivity index (χ4n) is 1.76. The molecule has 0 heterocycles. The first-order valence-electron chi connectivity index (χ1n) is 5.49. The average Bonchev–Trinajstić information content (AvgIpc) is 3.12. The van der Waals surface area contributed by atoms with Crippen molar-refractivity contribution in [3.05, 3.63) is 27.3 Å². The van der Waals surface area contributed by atoms with E-state index in [1.807, 2.05) is 0 Å². The SMILES string of the molecule is O=C(c1cc(I)ccc1O)N(CCCl)C1CC1. The third-order valence-corrected chi connectivity index (χ3v) is 3.60. The second kappa shape index (κ2) is 5.44. The van der Waals surface area contributed by atoms with Gasteiger partial charge in [-0.2, -0.15) is 0 Å². The first kappa shape index (κ1) is 13.0. The summed E-state index contributed by atoms with van der Waals surface area (Å²) in [4.78, 5) is 14.1. The Hall–Kier alpha value is -0.490. The summed E-state index contributed by atoms with van der Waals surface area (Å²) >= 11 is 7.84. The molecule has 1 saturated carbocycles. The summed E-state index contributed by atoms with van der Waals surface area (Å²) < 4.78 is 0.936. The average molecular weight is 366 g/mol. The van der Waals surface area contributed by atoms with E-state index in [1.165, 1.54) is 0 Å². The highest BCUT2D eigenvalue weighted by Gasteiger charge is 2.33. The van der Waals surface area contributed by atoms with Crippen LogP contribution in [0, 0.1) is 3.57 Å². The summed E-state index contributed by atoms with van der Waals surface area (Å²) in [7, 11) is 0. The van der Waals surface area contributed by atoms with E-state index in [-0.39, 0.29) is 11.7 Å².